The highest BCUT2D eigenvalue weighted by Gasteiger charge is 2.19. The molecule has 1 aliphatic rings. The zero-order chi connectivity index (χ0) is 19.9. The maximum atomic E-state index is 12.0. The van der Waals surface area contributed by atoms with Crippen LogP contribution in [0.2, 0.25) is 0 Å². The molecule has 0 spiro atoms. The Morgan fingerprint density at radius 1 is 1.03 bits per heavy atom. The van der Waals surface area contributed by atoms with Gasteiger partial charge in [0.25, 0.3) is 5.91 Å². The molecule has 0 aliphatic carbocycles. The fourth-order valence-corrected chi connectivity index (χ4v) is 4.67. The number of nitrogens with zero attached hydrogens (tertiary/aromatic N) is 2. The van der Waals surface area contributed by atoms with Crippen molar-refractivity contribution in [2.45, 2.75) is 6.61 Å². The zero-order valence-electron chi connectivity index (χ0n) is 16.3. The number of benzene rings is 1. The van der Waals surface area contributed by atoms with Gasteiger partial charge in [-0.1, -0.05) is 18.2 Å². The van der Waals surface area contributed by atoms with E-state index in [2.05, 4.69) is 50.8 Å². The van der Waals surface area contributed by atoms with Crippen molar-refractivity contribution in [3.63, 3.8) is 0 Å². The minimum Gasteiger partial charge on any atom is -0.486 e. The molecule has 4 rings (SSSR count). The fourth-order valence-electron chi connectivity index (χ4n) is 3.42. The number of rotatable bonds is 8. The van der Waals surface area contributed by atoms with Crippen molar-refractivity contribution >= 4 is 34.3 Å². The Bertz CT molecular complexity index is 889. The third-order valence-corrected chi connectivity index (χ3v) is 6.56. The Morgan fingerprint density at radius 3 is 2.66 bits per heavy atom. The highest BCUT2D eigenvalue weighted by Crippen LogP contribution is 2.30. The van der Waals surface area contributed by atoms with Crippen LogP contribution in [-0.2, 0) is 6.61 Å². The number of carbonyl (C=O) groups excluding carboxylic acids is 1. The summed E-state index contributed by atoms with van der Waals surface area (Å²) in [5.74, 6) is 0.957. The molecule has 0 atom stereocenters. The second-order valence-corrected chi connectivity index (χ2v) is 8.74. The summed E-state index contributed by atoms with van der Waals surface area (Å²) in [7, 11) is 0. The van der Waals surface area contributed by atoms with Crippen LogP contribution in [0.25, 0.3) is 0 Å². The van der Waals surface area contributed by atoms with E-state index in [1.54, 1.807) is 22.7 Å². The summed E-state index contributed by atoms with van der Waals surface area (Å²) in [6.07, 6.45) is 0. The SMILES string of the molecule is O=C(NCCN1CCN(c2ccccc2OCc2cccs2)CC1)c1ccsc1. The van der Waals surface area contributed by atoms with Crippen molar-refractivity contribution in [1.82, 2.24) is 10.2 Å². The minimum atomic E-state index is 0.0155. The molecule has 5 nitrogen and oxygen atoms in total. The van der Waals surface area contributed by atoms with Crippen LogP contribution in [0.1, 0.15) is 15.2 Å². The number of anilines is 1. The van der Waals surface area contributed by atoms with Crippen molar-refractivity contribution in [3.8, 4) is 5.75 Å². The number of para-hydroxylation sites is 2. The Kier molecular flexibility index (Phi) is 6.82. The maximum Gasteiger partial charge on any atom is 0.252 e. The zero-order valence-corrected chi connectivity index (χ0v) is 17.9. The van der Waals surface area contributed by atoms with Crippen molar-refractivity contribution in [2.75, 3.05) is 44.2 Å². The Hall–Kier alpha value is -2.35. The van der Waals surface area contributed by atoms with Crippen LogP contribution in [0.15, 0.2) is 58.6 Å². The third-order valence-electron chi connectivity index (χ3n) is 5.03. The van der Waals surface area contributed by atoms with Gasteiger partial charge in [0.1, 0.15) is 12.4 Å². The quantitative estimate of drug-likeness (QED) is 0.591. The standard InChI is InChI=1S/C22H25N3O2S2/c26-22(18-7-15-28-17-18)23-8-9-24-10-12-25(13-11-24)20-5-1-2-6-21(20)27-16-19-4-3-14-29-19/h1-7,14-15,17H,8-13,16H2,(H,23,26). The van der Waals surface area contributed by atoms with Gasteiger partial charge in [-0.25, -0.2) is 0 Å². The van der Waals surface area contributed by atoms with Gasteiger partial charge < -0.3 is 15.0 Å². The van der Waals surface area contributed by atoms with E-state index in [4.69, 9.17) is 4.74 Å². The number of ether oxygens (including phenoxy) is 1. The molecule has 7 heteroatoms. The number of hydrogen-bond donors (Lipinski definition) is 1. The number of thiophene rings is 2. The summed E-state index contributed by atoms with van der Waals surface area (Å²) in [4.78, 5) is 18.1. The van der Waals surface area contributed by atoms with Crippen LogP contribution in [-0.4, -0.2) is 50.1 Å². The molecule has 152 valence electrons. The lowest BCUT2D eigenvalue weighted by Crippen LogP contribution is -2.48. The fraction of sp³-hybridized carbons (Fsp3) is 0.318. The summed E-state index contributed by atoms with van der Waals surface area (Å²) < 4.78 is 6.10. The van der Waals surface area contributed by atoms with E-state index >= 15 is 0 Å². The van der Waals surface area contributed by atoms with Gasteiger partial charge in [-0.2, -0.15) is 11.3 Å². The smallest absolute Gasteiger partial charge is 0.252 e. The van der Waals surface area contributed by atoms with Crippen molar-refractivity contribution < 1.29 is 9.53 Å². The van der Waals surface area contributed by atoms with E-state index in [1.807, 2.05) is 22.9 Å². The van der Waals surface area contributed by atoms with E-state index in [-0.39, 0.29) is 5.91 Å². The Morgan fingerprint density at radius 2 is 1.90 bits per heavy atom. The molecule has 3 aromatic rings. The molecule has 1 fully saturated rings. The van der Waals surface area contributed by atoms with Crippen LogP contribution in [0.5, 0.6) is 5.75 Å². The first-order valence-corrected chi connectivity index (χ1v) is 11.6. The molecule has 0 bridgehead atoms. The van der Waals surface area contributed by atoms with Gasteiger partial charge in [0, 0.05) is 55.1 Å². The monoisotopic (exact) mass is 427 g/mol. The maximum absolute atomic E-state index is 12.0. The molecule has 29 heavy (non-hydrogen) atoms. The van der Waals surface area contributed by atoms with E-state index in [0.717, 1.165) is 49.7 Å². The summed E-state index contributed by atoms with van der Waals surface area (Å²) in [5, 5.41) is 8.89. The number of piperazine rings is 1. The molecule has 1 aliphatic heterocycles. The van der Waals surface area contributed by atoms with Crippen LogP contribution < -0.4 is 15.0 Å². The topological polar surface area (TPSA) is 44.8 Å². The predicted molar refractivity (Wildman–Crippen MR) is 120 cm³/mol. The lowest BCUT2D eigenvalue weighted by molar-refractivity contribution is 0.0948. The number of hydrogen-bond acceptors (Lipinski definition) is 6. The summed E-state index contributed by atoms with van der Waals surface area (Å²) in [5.41, 5.74) is 1.91. The third kappa shape index (κ3) is 5.38. The Balaban J connectivity index is 1.24. The molecular formula is C22H25N3O2S2. The predicted octanol–water partition coefficient (Wildman–Crippen LogP) is 3.94. The summed E-state index contributed by atoms with van der Waals surface area (Å²) >= 11 is 3.26. The molecule has 1 N–H and O–H groups in total. The van der Waals surface area contributed by atoms with E-state index in [1.165, 1.54) is 4.88 Å². The largest absolute Gasteiger partial charge is 0.486 e. The van der Waals surface area contributed by atoms with Crippen LogP contribution in [0.4, 0.5) is 5.69 Å². The average Bonchev–Trinajstić information content (AvgIpc) is 3.47. The molecule has 1 saturated heterocycles. The second-order valence-electron chi connectivity index (χ2n) is 6.93. The summed E-state index contributed by atoms with van der Waals surface area (Å²) in [6.45, 7) is 6.03. The highest BCUT2D eigenvalue weighted by atomic mass is 32.1. The van der Waals surface area contributed by atoms with Gasteiger partial charge in [-0.05, 0) is 35.0 Å². The van der Waals surface area contributed by atoms with Crippen molar-refractivity contribution in [3.05, 3.63) is 69.0 Å². The van der Waals surface area contributed by atoms with E-state index in [0.29, 0.717) is 13.2 Å². The molecule has 1 aromatic carbocycles. The number of carbonyl (C=O) groups is 1. The molecule has 0 unspecified atom stereocenters. The van der Waals surface area contributed by atoms with Gasteiger partial charge in [0.05, 0.1) is 5.69 Å². The molecule has 1 amide bonds. The molecule has 2 aromatic heterocycles. The Labute approximate surface area is 179 Å². The highest BCUT2D eigenvalue weighted by molar-refractivity contribution is 7.09. The normalized spacial score (nSPS) is 14.7. The number of nitrogens with one attached hydrogen (secondary N) is 1. The van der Waals surface area contributed by atoms with Gasteiger partial charge in [0.2, 0.25) is 0 Å². The first-order chi connectivity index (χ1) is 14.3. The average molecular weight is 428 g/mol. The summed E-state index contributed by atoms with van der Waals surface area (Å²) in [6, 6.07) is 14.3. The first-order valence-electron chi connectivity index (χ1n) is 9.81. The lowest BCUT2D eigenvalue weighted by Gasteiger charge is -2.36. The van der Waals surface area contributed by atoms with Crippen LogP contribution in [0, 0.1) is 0 Å². The molecular weight excluding hydrogens is 402 g/mol. The van der Waals surface area contributed by atoms with Crippen molar-refractivity contribution in [1.29, 1.82) is 0 Å². The second kappa shape index (κ2) is 9.91. The van der Waals surface area contributed by atoms with Crippen LogP contribution in [0.3, 0.4) is 0 Å². The minimum absolute atomic E-state index is 0.0155. The van der Waals surface area contributed by atoms with Gasteiger partial charge in [0.15, 0.2) is 0 Å². The van der Waals surface area contributed by atoms with Gasteiger partial charge in [-0.3, -0.25) is 9.69 Å². The van der Waals surface area contributed by atoms with E-state index < -0.39 is 0 Å². The van der Waals surface area contributed by atoms with Gasteiger partial charge in [-0.15, -0.1) is 11.3 Å². The molecule has 0 saturated carbocycles. The van der Waals surface area contributed by atoms with Crippen molar-refractivity contribution in [2.24, 2.45) is 0 Å². The first kappa shape index (κ1) is 19.9. The number of amides is 1. The lowest BCUT2D eigenvalue weighted by atomic mass is 10.2. The van der Waals surface area contributed by atoms with Crippen LogP contribution >= 0.6 is 22.7 Å². The molecule has 3 heterocycles. The van der Waals surface area contributed by atoms with Gasteiger partial charge >= 0.3 is 0 Å². The van der Waals surface area contributed by atoms with E-state index in [9.17, 15) is 4.79 Å². The molecule has 0 radical (unpaired) electrons.